The lowest BCUT2D eigenvalue weighted by Gasteiger charge is -2.31. The molecule has 1 nitrogen and oxygen atoms in total. The standard InChI is InChI=1S/C21H22N/c1-4-20-16-12-8-6-10-14(16)19(3)15-11-7-9-13-17(15)21(5-2)18(20)22(19,20)21/h6-13,18H,4-5H2,1-3H3/q+1/t18?,19?,20-,21+,22?. The van der Waals surface area contributed by atoms with Gasteiger partial charge in [-0.2, -0.15) is 0 Å². The van der Waals surface area contributed by atoms with E-state index in [0.717, 1.165) is 6.04 Å². The average Bonchev–Trinajstić information content (AvgIpc) is 3.38. The van der Waals surface area contributed by atoms with Crippen molar-refractivity contribution in [1.82, 2.24) is 0 Å². The first-order valence-electron chi connectivity index (χ1n) is 8.78. The molecular weight excluding hydrogens is 266 g/mol. The number of hydrogen-bond donors (Lipinski definition) is 0. The van der Waals surface area contributed by atoms with Crippen molar-refractivity contribution >= 4 is 0 Å². The monoisotopic (exact) mass is 288 g/mol. The number of benzene rings is 2. The average molecular weight is 288 g/mol. The van der Waals surface area contributed by atoms with Crippen LogP contribution >= 0.6 is 0 Å². The van der Waals surface area contributed by atoms with Gasteiger partial charge in [0.25, 0.3) is 0 Å². The Kier molecular flexibility index (Phi) is 1.58. The van der Waals surface area contributed by atoms with Crippen LogP contribution in [0.15, 0.2) is 48.5 Å². The Morgan fingerprint density at radius 1 is 0.773 bits per heavy atom. The van der Waals surface area contributed by atoms with Crippen molar-refractivity contribution in [2.75, 3.05) is 0 Å². The molecule has 3 unspecified atom stereocenters. The number of hydrogen-bond acceptors (Lipinski definition) is 0. The summed E-state index contributed by atoms with van der Waals surface area (Å²) in [5, 5.41) is 0. The molecule has 2 aromatic rings. The summed E-state index contributed by atoms with van der Waals surface area (Å²) in [5.41, 5.74) is 7.54. The van der Waals surface area contributed by atoms with Gasteiger partial charge in [-0.3, -0.25) is 4.48 Å². The molecule has 0 aromatic heterocycles. The van der Waals surface area contributed by atoms with E-state index in [9.17, 15) is 0 Å². The van der Waals surface area contributed by atoms with Crippen LogP contribution in [0.5, 0.6) is 0 Å². The van der Waals surface area contributed by atoms with Gasteiger partial charge in [0.05, 0.1) is 0 Å². The lowest BCUT2D eigenvalue weighted by atomic mass is 9.72. The van der Waals surface area contributed by atoms with Crippen molar-refractivity contribution < 1.29 is 4.48 Å². The van der Waals surface area contributed by atoms with Gasteiger partial charge in [-0.15, -0.1) is 0 Å². The van der Waals surface area contributed by atoms with Crippen LogP contribution in [0.1, 0.15) is 55.9 Å². The summed E-state index contributed by atoms with van der Waals surface area (Å²) in [5.74, 6) is 0. The van der Waals surface area contributed by atoms with Gasteiger partial charge in [0, 0.05) is 35.1 Å². The van der Waals surface area contributed by atoms with Crippen molar-refractivity contribution in [3.63, 3.8) is 0 Å². The molecule has 0 N–H and O–H groups in total. The summed E-state index contributed by atoms with van der Waals surface area (Å²) in [6.45, 7) is 7.35. The van der Waals surface area contributed by atoms with E-state index in [-0.39, 0.29) is 5.54 Å². The van der Waals surface area contributed by atoms with E-state index in [1.807, 2.05) is 0 Å². The summed E-state index contributed by atoms with van der Waals surface area (Å²) in [6.07, 6.45) is 2.56. The van der Waals surface area contributed by atoms with Crippen molar-refractivity contribution in [1.29, 1.82) is 0 Å². The molecule has 0 saturated carbocycles. The quantitative estimate of drug-likeness (QED) is 0.567. The molecule has 4 aliphatic rings. The third kappa shape index (κ3) is 0.667. The molecule has 0 bridgehead atoms. The van der Waals surface area contributed by atoms with Crippen LogP contribution in [0.3, 0.4) is 0 Å². The largest absolute Gasteiger partial charge is 0.270 e. The fourth-order valence-electron chi connectivity index (χ4n) is 7.72. The van der Waals surface area contributed by atoms with E-state index < -0.39 is 0 Å². The molecular formula is C21H22N+. The molecule has 110 valence electrons. The lowest BCUT2D eigenvalue weighted by molar-refractivity contribution is -0.834. The first-order chi connectivity index (χ1) is 10.7. The summed E-state index contributed by atoms with van der Waals surface area (Å²) >= 11 is 0. The summed E-state index contributed by atoms with van der Waals surface area (Å²) in [6, 6.07) is 19.5. The Balaban J connectivity index is 1.79. The van der Waals surface area contributed by atoms with Gasteiger partial charge in [0.15, 0.2) is 16.6 Å². The predicted octanol–water partition coefficient (Wildman–Crippen LogP) is 4.40. The Morgan fingerprint density at radius 3 is 1.59 bits per heavy atom. The molecule has 5 atom stereocenters. The molecule has 2 saturated heterocycles. The number of quaternary nitrogens is 1. The highest BCUT2D eigenvalue weighted by molar-refractivity contribution is 5.66. The van der Waals surface area contributed by atoms with Crippen LogP contribution in [0.25, 0.3) is 0 Å². The van der Waals surface area contributed by atoms with E-state index in [1.165, 1.54) is 17.3 Å². The number of rotatable bonds is 2. The molecule has 2 fully saturated rings. The molecule has 1 heteroatoms. The first kappa shape index (κ1) is 11.9. The predicted molar refractivity (Wildman–Crippen MR) is 87.3 cm³/mol. The summed E-state index contributed by atoms with van der Waals surface area (Å²) in [4.78, 5) is 0. The zero-order valence-corrected chi connectivity index (χ0v) is 13.6. The minimum atomic E-state index is 0.184. The van der Waals surface area contributed by atoms with Crippen molar-refractivity contribution in [2.24, 2.45) is 0 Å². The van der Waals surface area contributed by atoms with Gasteiger partial charge in [0.2, 0.25) is 6.04 Å². The van der Waals surface area contributed by atoms with Crippen molar-refractivity contribution in [2.45, 2.75) is 56.3 Å². The van der Waals surface area contributed by atoms with Gasteiger partial charge in [-0.1, -0.05) is 62.4 Å². The molecule has 2 aromatic carbocycles. The second-order valence-electron chi connectivity index (χ2n) is 7.84. The van der Waals surface area contributed by atoms with Crippen molar-refractivity contribution in [3.05, 3.63) is 70.8 Å². The lowest BCUT2D eigenvalue weighted by Crippen LogP contribution is -2.44. The SMILES string of the molecule is CC[C@]12c3ccccc3C3(C)c4ccccc4[C@]4(CC)C1[N+]324. The third-order valence-corrected chi connectivity index (χ3v) is 8.03. The summed E-state index contributed by atoms with van der Waals surface area (Å²) in [7, 11) is 0. The zero-order valence-electron chi connectivity index (χ0n) is 13.6. The topological polar surface area (TPSA) is 0 Å². The van der Waals surface area contributed by atoms with E-state index in [4.69, 9.17) is 0 Å². The summed E-state index contributed by atoms with van der Waals surface area (Å²) < 4.78 is 1.33. The molecule has 22 heavy (non-hydrogen) atoms. The minimum absolute atomic E-state index is 0.184. The Bertz CT molecular complexity index is 802. The molecule has 1 spiro atoms. The van der Waals surface area contributed by atoms with Gasteiger partial charge in [0.1, 0.15) is 0 Å². The van der Waals surface area contributed by atoms with E-state index in [2.05, 4.69) is 69.3 Å². The highest BCUT2D eigenvalue weighted by Crippen LogP contribution is 2.98. The Morgan fingerprint density at radius 2 is 1.18 bits per heavy atom. The third-order valence-electron chi connectivity index (χ3n) is 8.03. The number of nitrogens with zero attached hydrogens (tertiary/aromatic N) is 1. The maximum Gasteiger partial charge on any atom is 0.211 e. The molecule has 4 heterocycles. The van der Waals surface area contributed by atoms with Crippen molar-refractivity contribution in [3.8, 4) is 0 Å². The van der Waals surface area contributed by atoms with Crippen LogP contribution in [0.4, 0.5) is 0 Å². The second-order valence-corrected chi connectivity index (χ2v) is 7.84. The molecule has 4 aliphatic heterocycles. The minimum Gasteiger partial charge on any atom is -0.270 e. The van der Waals surface area contributed by atoms with E-state index in [1.54, 1.807) is 22.3 Å². The van der Waals surface area contributed by atoms with Gasteiger partial charge in [-0.05, 0) is 6.92 Å². The van der Waals surface area contributed by atoms with Crippen LogP contribution in [0.2, 0.25) is 0 Å². The van der Waals surface area contributed by atoms with Gasteiger partial charge >= 0.3 is 0 Å². The van der Waals surface area contributed by atoms with Crippen LogP contribution < -0.4 is 0 Å². The Labute approximate surface area is 132 Å². The van der Waals surface area contributed by atoms with Crippen LogP contribution in [-0.2, 0) is 16.6 Å². The van der Waals surface area contributed by atoms with Gasteiger partial charge < -0.3 is 0 Å². The zero-order chi connectivity index (χ0) is 15.0. The molecule has 6 rings (SSSR count). The van der Waals surface area contributed by atoms with Crippen LogP contribution in [-0.4, -0.2) is 10.5 Å². The Hall–Kier alpha value is -1.60. The first-order valence-corrected chi connectivity index (χ1v) is 8.78. The highest BCUT2D eigenvalue weighted by Gasteiger charge is 3.15. The van der Waals surface area contributed by atoms with Crippen LogP contribution in [0, 0.1) is 0 Å². The maximum absolute atomic E-state index is 2.53. The van der Waals surface area contributed by atoms with E-state index >= 15 is 0 Å². The fourth-order valence-corrected chi connectivity index (χ4v) is 7.72. The highest BCUT2D eigenvalue weighted by atomic mass is 15.8. The second kappa shape index (κ2) is 2.92. The molecule has 0 aliphatic carbocycles. The number of fused-ring (bicyclic) bond motifs is 8. The van der Waals surface area contributed by atoms with E-state index in [0.29, 0.717) is 11.1 Å². The maximum atomic E-state index is 2.53. The molecule has 0 amide bonds. The molecule has 0 radical (unpaired) electrons. The fraction of sp³-hybridized carbons (Fsp3) is 0.429. The normalized spacial score (nSPS) is 47.5. The van der Waals surface area contributed by atoms with Gasteiger partial charge in [-0.25, -0.2) is 0 Å². The smallest absolute Gasteiger partial charge is 0.211 e.